The van der Waals surface area contributed by atoms with E-state index in [1.807, 2.05) is 29.6 Å². The van der Waals surface area contributed by atoms with Gasteiger partial charge in [0.2, 0.25) is 0 Å². The van der Waals surface area contributed by atoms with Crippen LogP contribution < -0.4 is 19.7 Å². The number of benzene rings is 2. The van der Waals surface area contributed by atoms with Crippen LogP contribution in [0.25, 0.3) is 0 Å². The molecule has 0 radical (unpaired) electrons. The predicted molar refractivity (Wildman–Crippen MR) is 117 cm³/mol. The summed E-state index contributed by atoms with van der Waals surface area (Å²) in [6, 6.07) is 13.0. The minimum Gasteiger partial charge on any atom is -0.493 e. The maximum absolute atomic E-state index is 12.8. The molecule has 1 aromatic heterocycles. The smallest absolute Gasteiger partial charge is 0.255 e. The van der Waals surface area contributed by atoms with Gasteiger partial charge in [-0.25, -0.2) is 4.98 Å². The zero-order chi connectivity index (χ0) is 20.8. The number of methoxy groups -OCH3 is 1. The Labute approximate surface area is 179 Å². The largest absolute Gasteiger partial charge is 0.493 e. The average molecular weight is 426 g/mol. The number of thiazole rings is 1. The minimum absolute atomic E-state index is 0.210. The van der Waals surface area contributed by atoms with Crippen molar-refractivity contribution in [2.75, 3.05) is 43.6 Å². The van der Waals surface area contributed by atoms with Gasteiger partial charge in [0.15, 0.2) is 11.5 Å². The lowest BCUT2D eigenvalue weighted by molar-refractivity contribution is 0.102. The Morgan fingerprint density at radius 1 is 1.20 bits per heavy atom. The lowest BCUT2D eigenvalue weighted by Crippen LogP contribution is -2.36. The van der Waals surface area contributed by atoms with Gasteiger partial charge in [-0.3, -0.25) is 4.79 Å². The molecule has 1 N–H and O–H groups in total. The first-order chi connectivity index (χ1) is 14.7. The molecule has 156 valence electrons. The molecule has 0 aliphatic carbocycles. The number of morpholine rings is 1. The molecule has 3 aromatic rings. The molecule has 1 fully saturated rings. The van der Waals surface area contributed by atoms with Gasteiger partial charge in [-0.2, -0.15) is 0 Å². The molecule has 1 saturated heterocycles. The second-order valence-corrected chi connectivity index (χ2v) is 7.46. The van der Waals surface area contributed by atoms with Gasteiger partial charge < -0.3 is 24.4 Å². The van der Waals surface area contributed by atoms with Crippen LogP contribution in [0.1, 0.15) is 16.1 Å². The molecule has 0 unspecified atom stereocenters. The first-order valence-electron chi connectivity index (χ1n) is 9.65. The summed E-state index contributed by atoms with van der Waals surface area (Å²) in [7, 11) is 1.55. The van der Waals surface area contributed by atoms with Crippen molar-refractivity contribution in [1.82, 2.24) is 4.98 Å². The molecule has 0 saturated carbocycles. The Hall–Kier alpha value is -3.10. The second-order valence-electron chi connectivity index (χ2n) is 6.74. The topological polar surface area (TPSA) is 72.9 Å². The molecule has 0 spiro atoms. The summed E-state index contributed by atoms with van der Waals surface area (Å²) in [5.41, 5.74) is 4.91. The van der Waals surface area contributed by atoms with Crippen molar-refractivity contribution in [3.05, 3.63) is 64.6 Å². The third-order valence-electron chi connectivity index (χ3n) is 4.77. The van der Waals surface area contributed by atoms with Gasteiger partial charge in [-0.05, 0) is 36.4 Å². The average Bonchev–Trinajstić information content (AvgIpc) is 3.32. The third-order valence-corrected chi connectivity index (χ3v) is 5.40. The SMILES string of the molecule is COc1cc(C(=O)Nc2cccc(N3CCOCC3)c2)ccc1OCc1cscn1. The van der Waals surface area contributed by atoms with Gasteiger partial charge in [-0.1, -0.05) is 6.07 Å². The van der Waals surface area contributed by atoms with Crippen molar-refractivity contribution in [3.8, 4) is 11.5 Å². The summed E-state index contributed by atoms with van der Waals surface area (Å²) in [5.74, 6) is 0.856. The quantitative estimate of drug-likeness (QED) is 0.620. The second kappa shape index (κ2) is 9.60. The summed E-state index contributed by atoms with van der Waals surface area (Å²) < 4.78 is 16.6. The van der Waals surface area contributed by atoms with Crippen LogP contribution in [0, 0.1) is 0 Å². The summed E-state index contributed by atoms with van der Waals surface area (Å²) in [6.07, 6.45) is 0. The van der Waals surface area contributed by atoms with Crippen molar-refractivity contribution in [2.45, 2.75) is 6.61 Å². The van der Waals surface area contributed by atoms with Crippen LogP contribution in [0.2, 0.25) is 0 Å². The summed E-state index contributed by atoms with van der Waals surface area (Å²) in [6.45, 7) is 3.47. The van der Waals surface area contributed by atoms with Gasteiger partial charge in [0, 0.05) is 35.4 Å². The van der Waals surface area contributed by atoms with Crippen molar-refractivity contribution >= 4 is 28.6 Å². The van der Waals surface area contributed by atoms with Gasteiger partial charge in [0.25, 0.3) is 5.91 Å². The molecular weight excluding hydrogens is 402 g/mol. The highest BCUT2D eigenvalue weighted by Gasteiger charge is 2.14. The molecule has 1 amide bonds. The number of carbonyl (C=O) groups is 1. The van der Waals surface area contributed by atoms with Crippen molar-refractivity contribution in [1.29, 1.82) is 0 Å². The molecule has 0 bridgehead atoms. The van der Waals surface area contributed by atoms with Crippen LogP contribution in [0.15, 0.2) is 53.4 Å². The lowest BCUT2D eigenvalue weighted by Gasteiger charge is -2.29. The van der Waals surface area contributed by atoms with Gasteiger partial charge in [0.05, 0.1) is 31.5 Å². The molecule has 2 aromatic carbocycles. The van der Waals surface area contributed by atoms with E-state index in [9.17, 15) is 4.79 Å². The van der Waals surface area contributed by atoms with Crippen LogP contribution in [0.5, 0.6) is 11.5 Å². The van der Waals surface area contributed by atoms with E-state index in [0.29, 0.717) is 36.9 Å². The highest BCUT2D eigenvalue weighted by atomic mass is 32.1. The summed E-state index contributed by atoms with van der Waals surface area (Å²) in [4.78, 5) is 19.2. The molecule has 1 aliphatic rings. The number of ether oxygens (including phenoxy) is 3. The van der Waals surface area contributed by atoms with Gasteiger partial charge in [-0.15, -0.1) is 11.3 Å². The van der Waals surface area contributed by atoms with E-state index in [0.717, 1.165) is 30.2 Å². The predicted octanol–water partition coefficient (Wildman–Crippen LogP) is 3.82. The van der Waals surface area contributed by atoms with E-state index in [-0.39, 0.29) is 5.91 Å². The fraction of sp³-hybridized carbons (Fsp3) is 0.273. The molecule has 4 rings (SSSR count). The maximum Gasteiger partial charge on any atom is 0.255 e. The first-order valence-corrected chi connectivity index (χ1v) is 10.6. The van der Waals surface area contributed by atoms with Crippen molar-refractivity contribution in [2.24, 2.45) is 0 Å². The van der Waals surface area contributed by atoms with Crippen LogP contribution in [0.4, 0.5) is 11.4 Å². The van der Waals surface area contributed by atoms with Crippen LogP contribution in [-0.2, 0) is 11.3 Å². The third kappa shape index (κ3) is 4.90. The van der Waals surface area contributed by atoms with Crippen LogP contribution in [-0.4, -0.2) is 44.3 Å². The Morgan fingerprint density at radius 3 is 2.83 bits per heavy atom. The first kappa shape index (κ1) is 20.2. The summed E-state index contributed by atoms with van der Waals surface area (Å²) >= 11 is 1.52. The van der Waals surface area contributed by atoms with E-state index in [4.69, 9.17) is 14.2 Å². The molecule has 8 heteroatoms. The molecule has 0 atom stereocenters. The number of amides is 1. The number of rotatable bonds is 7. The number of aromatic nitrogens is 1. The number of nitrogens with zero attached hydrogens (tertiary/aromatic N) is 2. The Morgan fingerprint density at radius 2 is 2.07 bits per heavy atom. The maximum atomic E-state index is 12.8. The number of carbonyl (C=O) groups excluding carboxylic acids is 1. The highest BCUT2D eigenvalue weighted by Crippen LogP contribution is 2.29. The van der Waals surface area contributed by atoms with E-state index < -0.39 is 0 Å². The standard InChI is InChI=1S/C22H23N3O4S/c1-27-21-11-16(5-6-20(21)29-13-18-14-30-15-23-18)22(26)24-17-3-2-4-19(12-17)25-7-9-28-10-8-25/h2-6,11-12,14-15H,7-10,13H2,1H3,(H,24,26). The van der Waals surface area contributed by atoms with E-state index in [1.54, 1.807) is 30.8 Å². The molecule has 1 aliphatic heterocycles. The fourth-order valence-corrected chi connectivity index (χ4v) is 3.74. The number of hydrogen-bond acceptors (Lipinski definition) is 7. The van der Waals surface area contributed by atoms with E-state index in [1.165, 1.54) is 11.3 Å². The van der Waals surface area contributed by atoms with Crippen molar-refractivity contribution < 1.29 is 19.0 Å². The monoisotopic (exact) mass is 425 g/mol. The molecule has 7 nitrogen and oxygen atoms in total. The Kier molecular flexibility index (Phi) is 6.46. The number of nitrogens with one attached hydrogen (secondary N) is 1. The normalized spacial score (nSPS) is 13.7. The van der Waals surface area contributed by atoms with Crippen LogP contribution >= 0.6 is 11.3 Å². The molecular formula is C22H23N3O4S. The van der Waals surface area contributed by atoms with Gasteiger partial charge >= 0.3 is 0 Å². The van der Waals surface area contributed by atoms with Gasteiger partial charge in [0.1, 0.15) is 6.61 Å². The lowest BCUT2D eigenvalue weighted by atomic mass is 10.1. The molecule has 2 heterocycles. The zero-order valence-corrected chi connectivity index (χ0v) is 17.5. The minimum atomic E-state index is -0.210. The fourth-order valence-electron chi connectivity index (χ4n) is 3.19. The van der Waals surface area contributed by atoms with E-state index >= 15 is 0 Å². The molecule has 30 heavy (non-hydrogen) atoms. The van der Waals surface area contributed by atoms with Crippen molar-refractivity contribution in [3.63, 3.8) is 0 Å². The number of anilines is 2. The highest BCUT2D eigenvalue weighted by molar-refractivity contribution is 7.07. The number of hydrogen-bond donors (Lipinski definition) is 1. The Balaban J connectivity index is 1.44. The van der Waals surface area contributed by atoms with Crippen LogP contribution in [0.3, 0.4) is 0 Å². The Bertz CT molecular complexity index is 988. The zero-order valence-electron chi connectivity index (χ0n) is 16.7. The summed E-state index contributed by atoms with van der Waals surface area (Å²) in [5, 5.41) is 4.89. The van der Waals surface area contributed by atoms with E-state index in [2.05, 4.69) is 15.2 Å².